The number of aliphatic carboxylic acids is 1. The summed E-state index contributed by atoms with van der Waals surface area (Å²) in [6, 6.07) is 0. The third-order valence-corrected chi connectivity index (χ3v) is 0. The molecule has 8 nitrogen and oxygen atoms in total. The molecule has 0 aromatic heterocycles. The van der Waals surface area contributed by atoms with E-state index in [0.29, 0.717) is 0 Å². The van der Waals surface area contributed by atoms with E-state index in [1.165, 1.54) is 0 Å². The topological polar surface area (TPSA) is 158 Å². The maximum atomic E-state index is 9.00. The van der Waals surface area contributed by atoms with Crippen LogP contribution < -0.4 is 69.3 Å². The Hall–Kier alpha value is 0.0100. The molecule has 14 heavy (non-hydrogen) atoms. The van der Waals surface area contributed by atoms with Gasteiger partial charge in [0.05, 0.1) is 0 Å². The number of carboxylic acid groups (broad SMARTS) is 5. The Kier molecular flexibility index (Phi) is 48.2. The summed E-state index contributed by atoms with van der Waals surface area (Å²) in [6.07, 6.45) is -4.17. The van der Waals surface area contributed by atoms with Crippen molar-refractivity contribution in [2.75, 3.05) is 0 Å². The molecule has 0 aliphatic rings. The average molecular weight is 228 g/mol. The van der Waals surface area contributed by atoms with Crippen LogP contribution in [-0.2, 0) is 4.79 Å². The van der Waals surface area contributed by atoms with Crippen molar-refractivity contribution in [1.82, 2.24) is 0 Å². The Labute approximate surface area is 123 Å². The van der Waals surface area contributed by atoms with Crippen LogP contribution in [0.1, 0.15) is 6.92 Å². The van der Waals surface area contributed by atoms with Gasteiger partial charge in [-0.2, -0.15) is 0 Å². The van der Waals surface area contributed by atoms with Gasteiger partial charge < -0.3 is 35.1 Å². The SMILES string of the molecule is CC(=O)O.O=C([O-])O.O=C([O-])O.[Na+].[Na+]. The van der Waals surface area contributed by atoms with E-state index in [4.69, 9.17) is 39.9 Å². The first-order valence-electron chi connectivity index (χ1n) is 2.19. The molecule has 0 saturated carbocycles. The monoisotopic (exact) mass is 228 g/mol. The Morgan fingerprint density at radius 1 is 0.857 bits per heavy atom. The molecule has 0 radical (unpaired) electrons. The van der Waals surface area contributed by atoms with Crippen molar-refractivity contribution in [2.45, 2.75) is 6.92 Å². The molecule has 0 saturated heterocycles. The van der Waals surface area contributed by atoms with Gasteiger partial charge in [-0.3, -0.25) is 4.79 Å². The smallest absolute Gasteiger partial charge is 0.565 e. The van der Waals surface area contributed by atoms with Crippen LogP contribution >= 0.6 is 0 Å². The molecule has 0 aliphatic carbocycles. The van der Waals surface area contributed by atoms with Crippen LogP contribution in [0.2, 0.25) is 0 Å². The quantitative estimate of drug-likeness (QED) is 0.344. The van der Waals surface area contributed by atoms with E-state index in [1.54, 1.807) is 0 Å². The minimum Gasteiger partial charge on any atom is -0.565 e. The molecule has 0 amide bonds. The minimum absolute atomic E-state index is 0. The summed E-state index contributed by atoms with van der Waals surface area (Å²) in [5, 5.41) is 38.0. The van der Waals surface area contributed by atoms with Crippen LogP contribution in [0.4, 0.5) is 9.59 Å². The molecule has 0 spiro atoms. The molecule has 0 aromatic carbocycles. The standard InChI is InChI=1S/C2H4O2.2CH2O3.2Na/c1-2(3)4;2*2-1(3)4;;/h1H3,(H,3,4);2*(H2,2,3,4);;/q;;;2*+1/p-2. The van der Waals surface area contributed by atoms with Crippen molar-refractivity contribution in [3.8, 4) is 0 Å². The zero-order valence-corrected chi connectivity index (χ0v) is 11.9. The first-order valence-corrected chi connectivity index (χ1v) is 2.19. The van der Waals surface area contributed by atoms with Gasteiger partial charge in [0.25, 0.3) is 5.97 Å². The molecule has 72 valence electrons. The van der Waals surface area contributed by atoms with Gasteiger partial charge >= 0.3 is 59.1 Å². The second-order valence-corrected chi connectivity index (χ2v) is 1.05. The minimum atomic E-state index is -2.08. The van der Waals surface area contributed by atoms with Gasteiger partial charge in [-0.1, -0.05) is 0 Å². The molecule has 3 N–H and O–H groups in total. The first-order chi connectivity index (χ1) is 5.20. The zero-order valence-electron chi connectivity index (χ0n) is 7.88. The number of rotatable bonds is 0. The first kappa shape index (κ1) is 29.2. The summed E-state index contributed by atoms with van der Waals surface area (Å²) >= 11 is 0. The Balaban J connectivity index is -0.0000000270. The fourth-order valence-electron chi connectivity index (χ4n) is 0. The summed E-state index contributed by atoms with van der Waals surface area (Å²) in [7, 11) is 0. The predicted octanol–water partition coefficient (Wildman–Crippen LogP) is -8.13. The van der Waals surface area contributed by atoms with Gasteiger partial charge in [0, 0.05) is 6.92 Å². The van der Waals surface area contributed by atoms with Gasteiger partial charge in [-0.15, -0.1) is 0 Å². The Morgan fingerprint density at radius 3 is 0.857 bits per heavy atom. The molecule has 0 heterocycles. The van der Waals surface area contributed by atoms with Crippen LogP contribution in [0, 0.1) is 0 Å². The fourth-order valence-corrected chi connectivity index (χ4v) is 0. The van der Waals surface area contributed by atoms with E-state index < -0.39 is 18.3 Å². The molecule has 0 rings (SSSR count). The maximum absolute atomic E-state index is 9.00. The zero-order chi connectivity index (χ0) is 10.7. The normalized spacial score (nSPS) is 5.21. The number of hydrogen-bond acceptors (Lipinski definition) is 5. The van der Waals surface area contributed by atoms with Gasteiger partial charge in [0.15, 0.2) is 0 Å². The summed E-state index contributed by atoms with van der Waals surface area (Å²) in [4.78, 5) is 25.9. The van der Waals surface area contributed by atoms with E-state index in [0.717, 1.165) is 6.92 Å². The van der Waals surface area contributed by atoms with Crippen molar-refractivity contribution in [3.05, 3.63) is 0 Å². The molecular formula is C4H6Na2O8. The largest absolute Gasteiger partial charge is 1.00 e. The van der Waals surface area contributed by atoms with Crippen molar-refractivity contribution >= 4 is 18.3 Å². The average Bonchev–Trinajstić information content (AvgIpc) is 1.54. The summed E-state index contributed by atoms with van der Waals surface area (Å²) < 4.78 is 0. The number of carbonyl (C=O) groups is 3. The van der Waals surface area contributed by atoms with Gasteiger partial charge in [-0.05, 0) is 0 Å². The maximum Gasteiger partial charge on any atom is 1.00 e. The van der Waals surface area contributed by atoms with Gasteiger partial charge in [0.2, 0.25) is 12.3 Å². The molecule has 0 unspecified atom stereocenters. The second-order valence-electron chi connectivity index (χ2n) is 1.05. The van der Waals surface area contributed by atoms with Crippen molar-refractivity contribution in [3.63, 3.8) is 0 Å². The fraction of sp³-hybridized carbons (Fsp3) is 0.250. The molecule has 0 fully saturated rings. The molecule has 0 atom stereocenters. The van der Waals surface area contributed by atoms with Crippen molar-refractivity contribution in [1.29, 1.82) is 0 Å². The summed E-state index contributed by atoms with van der Waals surface area (Å²) in [6.45, 7) is 1.08. The number of hydrogen-bond donors (Lipinski definition) is 3. The molecular weight excluding hydrogens is 222 g/mol. The van der Waals surface area contributed by atoms with E-state index in [-0.39, 0.29) is 59.1 Å². The summed E-state index contributed by atoms with van der Waals surface area (Å²) in [5.41, 5.74) is 0. The van der Waals surface area contributed by atoms with E-state index >= 15 is 0 Å². The van der Waals surface area contributed by atoms with Gasteiger partial charge in [-0.25, -0.2) is 0 Å². The third-order valence-electron chi connectivity index (χ3n) is 0. The van der Waals surface area contributed by atoms with E-state index in [9.17, 15) is 0 Å². The molecule has 0 bridgehead atoms. The third kappa shape index (κ3) is 14600000. The van der Waals surface area contributed by atoms with Crippen LogP contribution in [0.3, 0.4) is 0 Å². The van der Waals surface area contributed by atoms with Crippen LogP contribution in [0.25, 0.3) is 0 Å². The van der Waals surface area contributed by atoms with Crippen LogP contribution in [0.5, 0.6) is 0 Å². The Morgan fingerprint density at radius 2 is 0.857 bits per heavy atom. The van der Waals surface area contributed by atoms with Crippen molar-refractivity contribution in [2.24, 2.45) is 0 Å². The second kappa shape index (κ2) is 23.1. The predicted molar refractivity (Wildman–Crippen MR) is 29.4 cm³/mol. The Bertz CT molecular complexity index is 117. The summed E-state index contributed by atoms with van der Waals surface area (Å²) in [5.74, 6) is -0.833. The number of carboxylic acids is 1. The van der Waals surface area contributed by atoms with E-state index in [2.05, 4.69) is 0 Å². The van der Waals surface area contributed by atoms with Crippen molar-refractivity contribution < 1.29 is 99.0 Å². The van der Waals surface area contributed by atoms with Crippen LogP contribution in [-0.4, -0.2) is 33.6 Å². The molecule has 10 heteroatoms. The molecule has 0 aromatic rings. The molecule has 0 aliphatic heterocycles. The van der Waals surface area contributed by atoms with Crippen LogP contribution in [0.15, 0.2) is 0 Å². The van der Waals surface area contributed by atoms with E-state index in [1.807, 2.05) is 0 Å². The van der Waals surface area contributed by atoms with Gasteiger partial charge in [0.1, 0.15) is 0 Å².